The van der Waals surface area contributed by atoms with Crippen LogP contribution in [0.2, 0.25) is 0 Å². The van der Waals surface area contributed by atoms with E-state index in [0.29, 0.717) is 17.5 Å². The summed E-state index contributed by atoms with van der Waals surface area (Å²) in [5, 5.41) is 9.10. The fourth-order valence-electron chi connectivity index (χ4n) is 7.07. The van der Waals surface area contributed by atoms with Gasteiger partial charge in [0, 0.05) is 27.5 Å². The minimum absolute atomic E-state index is 0.606. The maximum absolute atomic E-state index is 6.24. The van der Waals surface area contributed by atoms with Crippen molar-refractivity contribution in [2.75, 3.05) is 0 Å². The number of nitrogens with zero attached hydrogens (tertiary/aromatic N) is 3. The number of para-hydroxylation sites is 1. The molecule has 0 saturated heterocycles. The summed E-state index contributed by atoms with van der Waals surface area (Å²) < 4.78 is 6.24. The van der Waals surface area contributed by atoms with Gasteiger partial charge in [0.25, 0.3) is 0 Å². The predicted molar refractivity (Wildman–Crippen MR) is 201 cm³/mol. The number of benzene rings is 8. The van der Waals surface area contributed by atoms with Crippen LogP contribution in [0.3, 0.4) is 0 Å². The highest BCUT2D eigenvalue weighted by molar-refractivity contribution is 6.11. The zero-order chi connectivity index (χ0) is 32.3. The van der Waals surface area contributed by atoms with Crippen molar-refractivity contribution in [2.45, 2.75) is 0 Å². The van der Waals surface area contributed by atoms with Crippen molar-refractivity contribution in [3.8, 4) is 45.3 Å². The van der Waals surface area contributed by atoms with Crippen LogP contribution in [0.15, 0.2) is 168 Å². The summed E-state index contributed by atoms with van der Waals surface area (Å²) in [6.45, 7) is 0. The van der Waals surface area contributed by atoms with Crippen LogP contribution < -0.4 is 0 Å². The summed E-state index contributed by atoms with van der Waals surface area (Å²) >= 11 is 0. The fraction of sp³-hybridized carbons (Fsp3) is 0. The highest BCUT2D eigenvalue weighted by atomic mass is 16.3. The van der Waals surface area contributed by atoms with Crippen LogP contribution in [-0.4, -0.2) is 15.0 Å². The molecule has 8 aromatic carbocycles. The third-order valence-electron chi connectivity index (χ3n) is 9.49. The summed E-state index contributed by atoms with van der Waals surface area (Å²) in [6.07, 6.45) is 0. The second-order valence-electron chi connectivity index (χ2n) is 12.4. The number of hydrogen-bond acceptors (Lipinski definition) is 4. The van der Waals surface area contributed by atoms with Gasteiger partial charge in [-0.2, -0.15) is 0 Å². The van der Waals surface area contributed by atoms with Crippen molar-refractivity contribution >= 4 is 54.3 Å². The first-order valence-corrected chi connectivity index (χ1v) is 16.4. The van der Waals surface area contributed by atoms with Crippen molar-refractivity contribution in [3.63, 3.8) is 0 Å². The van der Waals surface area contributed by atoms with Gasteiger partial charge >= 0.3 is 0 Å². The Morgan fingerprint density at radius 2 is 0.857 bits per heavy atom. The Kier molecular flexibility index (Phi) is 6.15. The van der Waals surface area contributed by atoms with Crippen LogP contribution in [0, 0.1) is 0 Å². The molecule has 0 bridgehead atoms. The van der Waals surface area contributed by atoms with E-state index in [1.54, 1.807) is 0 Å². The molecule has 10 aromatic rings. The minimum Gasteiger partial charge on any atom is -0.456 e. The molecule has 4 nitrogen and oxygen atoms in total. The van der Waals surface area contributed by atoms with Crippen molar-refractivity contribution < 1.29 is 4.42 Å². The zero-order valence-electron chi connectivity index (χ0n) is 26.3. The van der Waals surface area contributed by atoms with E-state index >= 15 is 0 Å². The van der Waals surface area contributed by atoms with Crippen LogP contribution in [0.1, 0.15) is 0 Å². The minimum atomic E-state index is 0.606. The summed E-state index contributed by atoms with van der Waals surface area (Å²) in [6, 6.07) is 57.1. The van der Waals surface area contributed by atoms with Gasteiger partial charge in [-0.3, -0.25) is 0 Å². The standard InChI is InChI=1S/C45H27N3O/c1-2-11-31-25-33(23-20-28(31)9-1)43-46-44(48-45(47-43)39-16-8-18-41-42(39)38-14-5-6-17-40(38)49-41)34-24-21-29-19-22-32(26-35(29)27-34)37-15-7-12-30-10-3-4-13-36(30)37/h1-27H. The van der Waals surface area contributed by atoms with Crippen LogP contribution in [0.5, 0.6) is 0 Å². The molecule has 228 valence electrons. The Morgan fingerprint density at radius 1 is 0.327 bits per heavy atom. The first-order chi connectivity index (χ1) is 24.2. The van der Waals surface area contributed by atoms with Gasteiger partial charge in [0.1, 0.15) is 11.2 Å². The van der Waals surface area contributed by atoms with Gasteiger partial charge in [-0.1, -0.05) is 133 Å². The molecule has 2 aromatic heterocycles. The van der Waals surface area contributed by atoms with Gasteiger partial charge in [0.15, 0.2) is 17.5 Å². The van der Waals surface area contributed by atoms with Crippen molar-refractivity contribution in [1.82, 2.24) is 15.0 Å². The van der Waals surface area contributed by atoms with Crippen LogP contribution in [0.4, 0.5) is 0 Å². The highest BCUT2D eigenvalue weighted by Gasteiger charge is 2.18. The van der Waals surface area contributed by atoms with E-state index in [0.717, 1.165) is 54.8 Å². The molecular weight excluding hydrogens is 599 g/mol. The van der Waals surface area contributed by atoms with E-state index in [9.17, 15) is 0 Å². The largest absolute Gasteiger partial charge is 0.456 e. The molecule has 2 heterocycles. The second kappa shape index (κ2) is 11.0. The van der Waals surface area contributed by atoms with Gasteiger partial charge < -0.3 is 4.42 Å². The third kappa shape index (κ3) is 4.65. The smallest absolute Gasteiger partial charge is 0.164 e. The monoisotopic (exact) mass is 625 g/mol. The Morgan fingerprint density at radius 3 is 1.67 bits per heavy atom. The predicted octanol–water partition coefficient (Wildman–Crippen LogP) is 11.9. The molecule has 0 fully saturated rings. The van der Waals surface area contributed by atoms with Gasteiger partial charge in [-0.25, -0.2) is 15.0 Å². The molecule has 0 N–H and O–H groups in total. The normalized spacial score (nSPS) is 11.7. The lowest BCUT2D eigenvalue weighted by Gasteiger charge is -2.11. The van der Waals surface area contributed by atoms with Gasteiger partial charge in [0.05, 0.1) is 0 Å². The van der Waals surface area contributed by atoms with Crippen LogP contribution in [0.25, 0.3) is 99.5 Å². The number of fused-ring (bicyclic) bond motifs is 6. The summed E-state index contributed by atoms with van der Waals surface area (Å²) in [5.41, 5.74) is 6.81. The number of furan rings is 1. The van der Waals surface area contributed by atoms with E-state index in [1.165, 1.54) is 27.3 Å². The van der Waals surface area contributed by atoms with E-state index < -0.39 is 0 Å². The molecule has 0 spiro atoms. The van der Waals surface area contributed by atoms with Crippen molar-refractivity contribution in [1.29, 1.82) is 0 Å². The maximum Gasteiger partial charge on any atom is 0.164 e. The lowest BCUT2D eigenvalue weighted by molar-refractivity contribution is 0.669. The quantitative estimate of drug-likeness (QED) is 0.195. The molecule has 4 heteroatoms. The summed E-state index contributed by atoms with van der Waals surface area (Å²) in [4.78, 5) is 15.4. The molecule has 0 amide bonds. The van der Waals surface area contributed by atoms with Crippen molar-refractivity contribution in [3.05, 3.63) is 164 Å². The number of rotatable bonds is 4. The molecule has 0 aliphatic rings. The SMILES string of the molecule is c1ccc2cc(-c3nc(-c4ccc5ccc(-c6cccc7ccccc67)cc5c4)nc(-c4cccc5oc6ccccc6c45)n3)ccc2c1. The fourth-order valence-corrected chi connectivity index (χ4v) is 7.07. The number of aromatic nitrogens is 3. The van der Waals surface area contributed by atoms with E-state index in [4.69, 9.17) is 19.4 Å². The Hall–Kier alpha value is -6.65. The molecule has 0 atom stereocenters. The molecule has 0 unspecified atom stereocenters. The topological polar surface area (TPSA) is 51.8 Å². The van der Waals surface area contributed by atoms with Crippen molar-refractivity contribution in [2.24, 2.45) is 0 Å². The Balaban J connectivity index is 1.18. The molecule has 0 aliphatic heterocycles. The first-order valence-electron chi connectivity index (χ1n) is 16.4. The third-order valence-corrected chi connectivity index (χ3v) is 9.49. The summed E-state index contributed by atoms with van der Waals surface area (Å²) in [5.74, 6) is 1.85. The summed E-state index contributed by atoms with van der Waals surface area (Å²) in [7, 11) is 0. The average Bonchev–Trinajstić information content (AvgIpc) is 3.56. The zero-order valence-corrected chi connectivity index (χ0v) is 26.3. The molecule has 0 aliphatic carbocycles. The molecule has 10 rings (SSSR count). The van der Waals surface area contributed by atoms with Gasteiger partial charge in [-0.15, -0.1) is 0 Å². The molecular formula is C45H27N3O. The average molecular weight is 626 g/mol. The van der Waals surface area contributed by atoms with Crippen LogP contribution in [-0.2, 0) is 0 Å². The van der Waals surface area contributed by atoms with E-state index in [2.05, 4.69) is 133 Å². The molecule has 49 heavy (non-hydrogen) atoms. The van der Waals surface area contributed by atoms with Gasteiger partial charge in [0.2, 0.25) is 0 Å². The van der Waals surface area contributed by atoms with Crippen LogP contribution >= 0.6 is 0 Å². The Labute approximate surface area is 282 Å². The van der Waals surface area contributed by atoms with E-state index in [1.807, 2.05) is 30.3 Å². The first kappa shape index (κ1) is 27.5. The maximum atomic E-state index is 6.24. The number of hydrogen-bond donors (Lipinski definition) is 0. The lowest BCUT2D eigenvalue weighted by atomic mass is 9.95. The van der Waals surface area contributed by atoms with E-state index in [-0.39, 0.29) is 0 Å². The lowest BCUT2D eigenvalue weighted by Crippen LogP contribution is -2.00. The van der Waals surface area contributed by atoms with Gasteiger partial charge in [-0.05, 0) is 73.8 Å². The highest BCUT2D eigenvalue weighted by Crippen LogP contribution is 2.37. The molecule has 0 saturated carbocycles. The Bertz CT molecular complexity index is 2900. The second-order valence-corrected chi connectivity index (χ2v) is 12.4. The molecule has 0 radical (unpaired) electrons.